The molecule has 3 heterocycles. The highest BCUT2D eigenvalue weighted by Crippen LogP contribution is 2.25. The second kappa shape index (κ2) is 9.37. The number of carbonyl (C=O) groups is 1. The summed E-state index contributed by atoms with van der Waals surface area (Å²) >= 11 is 0. The number of ether oxygens (including phenoxy) is 3. The summed E-state index contributed by atoms with van der Waals surface area (Å²) in [6.45, 7) is 1.99. The summed E-state index contributed by atoms with van der Waals surface area (Å²) in [5.74, 6) is 2.01. The van der Waals surface area contributed by atoms with Crippen LogP contribution in [-0.4, -0.2) is 60.1 Å². The van der Waals surface area contributed by atoms with Crippen LogP contribution in [0.5, 0.6) is 5.75 Å². The minimum Gasteiger partial charge on any atom is -0.497 e. The minimum absolute atomic E-state index is 0.0313. The zero-order chi connectivity index (χ0) is 20.1. The Balaban J connectivity index is 1.29. The van der Waals surface area contributed by atoms with Crippen molar-refractivity contribution in [3.8, 4) is 17.1 Å². The van der Waals surface area contributed by atoms with Crippen molar-refractivity contribution >= 4 is 5.91 Å². The Hall–Kier alpha value is -2.45. The number of nitrogens with zero attached hydrogens (tertiary/aromatic N) is 3. The monoisotopic (exact) mass is 401 g/mol. The second-order valence-electron chi connectivity index (χ2n) is 7.35. The van der Waals surface area contributed by atoms with Gasteiger partial charge < -0.3 is 23.6 Å². The van der Waals surface area contributed by atoms with Crippen molar-refractivity contribution in [1.82, 2.24) is 15.0 Å². The average molecular weight is 401 g/mol. The zero-order valence-corrected chi connectivity index (χ0v) is 16.7. The third-order valence-corrected chi connectivity index (χ3v) is 5.43. The number of benzene rings is 1. The maximum Gasteiger partial charge on any atom is 0.226 e. The number of likely N-dealkylation sites (tertiary alicyclic amines) is 1. The van der Waals surface area contributed by atoms with Gasteiger partial charge in [0.25, 0.3) is 0 Å². The van der Waals surface area contributed by atoms with Crippen molar-refractivity contribution in [1.29, 1.82) is 0 Å². The Morgan fingerprint density at radius 2 is 2.00 bits per heavy atom. The summed E-state index contributed by atoms with van der Waals surface area (Å²) in [5, 5.41) is 4.04. The largest absolute Gasteiger partial charge is 0.497 e. The van der Waals surface area contributed by atoms with Crippen molar-refractivity contribution < 1.29 is 23.5 Å². The summed E-state index contributed by atoms with van der Waals surface area (Å²) in [4.78, 5) is 19.2. The lowest BCUT2D eigenvalue weighted by Gasteiger charge is -2.38. The zero-order valence-electron chi connectivity index (χ0n) is 16.7. The quantitative estimate of drug-likeness (QED) is 0.705. The van der Waals surface area contributed by atoms with E-state index < -0.39 is 0 Å². The fraction of sp³-hybridized carbons (Fsp3) is 0.571. The summed E-state index contributed by atoms with van der Waals surface area (Å²) < 4.78 is 21.8. The molecule has 2 aliphatic heterocycles. The molecule has 1 atom stereocenters. The first-order chi connectivity index (χ1) is 14.2. The molecule has 2 fully saturated rings. The van der Waals surface area contributed by atoms with E-state index in [4.69, 9.17) is 18.7 Å². The first-order valence-corrected chi connectivity index (χ1v) is 10.2. The SMILES string of the molecule is COc1ccc(-c2noc(CCCC(=O)N3CCCCC3C3OCCO3)n2)cc1. The molecule has 4 rings (SSSR count). The molecular weight excluding hydrogens is 374 g/mol. The van der Waals surface area contributed by atoms with Crippen LogP contribution in [0.2, 0.25) is 0 Å². The highest BCUT2D eigenvalue weighted by Gasteiger charge is 2.35. The second-order valence-corrected chi connectivity index (χ2v) is 7.35. The van der Waals surface area contributed by atoms with Gasteiger partial charge in [-0.2, -0.15) is 4.98 Å². The molecule has 0 spiro atoms. The van der Waals surface area contributed by atoms with Gasteiger partial charge in [-0.15, -0.1) is 0 Å². The molecule has 0 radical (unpaired) electrons. The third kappa shape index (κ3) is 4.76. The normalized spacial score (nSPS) is 20.2. The van der Waals surface area contributed by atoms with E-state index in [1.807, 2.05) is 29.2 Å². The number of methoxy groups -OCH3 is 1. The molecule has 0 N–H and O–H groups in total. The van der Waals surface area contributed by atoms with Crippen LogP contribution in [0.4, 0.5) is 0 Å². The van der Waals surface area contributed by atoms with Gasteiger partial charge in [-0.05, 0) is 49.9 Å². The molecule has 1 unspecified atom stereocenters. The molecule has 1 aromatic carbocycles. The highest BCUT2D eigenvalue weighted by atomic mass is 16.7. The van der Waals surface area contributed by atoms with E-state index in [0.29, 0.717) is 44.2 Å². The van der Waals surface area contributed by atoms with Crippen LogP contribution in [-0.2, 0) is 20.7 Å². The van der Waals surface area contributed by atoms with Crippen molar-refractivity contribution in [3.05, 3.63) is 30.2 Å². The number of hydrogen-bond donors (Lipinski definition) is 0. The van der Waals surface area contributed by atoms with Crippen LogP contribution in [0.1, 0.15) is 38.0 Å². The van der Waals surface area contributed by atoms with Gasteiger partial charge in [-0.3, -0.25) is 4.79 Å². The Morgan fingerprint density at radius 3 is 2.76 bits per heavy atom. The summed E-state index contributed by atoms with van der Waals surface area (Å²) in [5.41, 5.74) is 0.865. The fourth-order valence-corrected chi connectivity index (χ4v) is 3.90. The van der Waals surface area contributed by atoms with E-state index in [0.717, 1.165) is 37.1 Å². The molecule has 0 aliphatic carbocycles. The summed E-state index contributed by atoms with van der Waals surface area (Å²) in [6, 6.07) is 7.53. The standard InChI is InChI=1S/C21H27N3O5/c1-26-16-10-8-15(9-11-16)20-22-18(29-23-20)6-4-7-19(25)24-12-3-2-5-17(24)21-27-13-14-28-21/h8-11,17,21H,2-7,12-14H2,1H3. The van der Waals surface area contributed by atoms with E-state index in [9.17, 15) is 4.79 Å². The smallest absolute Gasteiger partial charge is 0.226 e. The van der Waals surface area contributed by atoms with Crippen LogP contribution in [0, 0.1) is 0 Å². The van der Waals surface area contributed by atoms with Crippen LogP contribution < -0.4 is 4.74 Å². The van der Waals surface area contributed by atoms with Crippen molar-refractivity contribution in [2.75, 3.05) is 26.9 Å². The molecule has 29 heavy (non-hydrogen) atoms. The van der Waals surface area contributed by atoms with Crippen molar-refractivity contribution in [3.63, 3.8) is 0 Å². The fourth-order valence-electron chi connectivity index (χ4n) is 3.90. The van der Waals surface area contributed by atoms with Crippen LogP contribution >= 0.6 is 0 Å². The number of rotatable bonds is 7. The maximum absolute atomic E-state index is 12.8. The number of hydrogen-bond acceptors (Lipinski definition) is 7. The molecule has 2 aliphatic rings. The van der Waals surface area contributed by atoms with Crippen molar-refractivity contribution in [2.24, 2.45) is 0 Å². The van der Waals surface area contributed by atoms with Gasteiger partial charge >= 0.3 is 0 Å². The van der Waals surface area contributed by atoms with Gasteiger partial charge in [0, 0.05) is 24.9 Å². The van der Waals surface area contributed by atoms with Crippen LogP contribution in [0.15, 0.2) is 28.8 Å². The molecular formula is C21H27N3O5. The van der Waals surface area contributed by atoms with Crippen LogP contribution in [0.3, 0.4) is 0 Å². The lowest BCUT2D eigenvalue weighted by molar-refractivity contribution is -0.150. The van der Waals surface area contributed by atoms with Crippen molar-refractivity contribution in [2.45, 2.75) is 50.9 Å². The lowest BCUT2D eigenvalue weighted by atomic mass is 10.0. The average Bonchev–Trinajstić information content (AvgIpc) is 3.46. The van der Waals surface area contributed by atoms with Gasteiger partial charge in [-0.25, -0.2) is 0 Å². The molecule has 2 saturated heterocycles. The predicted molar refractivity (Wildman–Crippen MR) is 104 cm³/mol. The van der Waals surface area contributed by atoms with E-state index in [1.165, 1.54) is 0 Å². The van der Waals surface area contributed by atoms with Gasteiger partial charge in [0.1, 0.15) is 5.75 Å². The molecule has 1 amide bonds. The lowest BCUT2D eigenvalue weighted by Crippen LogP contribution is -2.50. The summed E-state index contributed by atoms with van der Waals surface area (Å²) in [6.07, 6.45) is 4.48. The number of aryl methyl sites for hydroxylation is 1. The molecule has 2 aromatic rings. The Bertz CT molecular complexity index is 801. The minimum atomic E-state index is -0.276. The molecule has 8 nitrogen and oxygen atoms in total. The summed E-state index contributed by atoms with van der Waals surface area (Å²) in [7, 11) is 1.63. The first-order valence-electron chi connectivity index (χ1n) is 10.2. The molecule has 0 bridgehead atoms. The van der Waals surface area contributed by atoms with Crippen LogP contribution in [0.25, 0.3) is 11.4 Å². The van der Waals surface area contributed by atoms with Gasteiger partial charge in [0.15, 0.2) is 6.29 Å². The van der Waals surface area contributed by atoms with Gasteiger partial charge in [0.2, 0.25) is 17.6 Å². The first kappa shape index (κ1) is 19.8. The molecule has 8 heteroatoms. The topological polar surface area (TPSA) is 86.9 Å². The number of amides is 1. The number of carbonyl (C=O) groups excluding carboxylic acids is 1. The Kier molecular flexibility index (Phi) is 6.41. The molecule has 1 aromatic heterocycles. The van der Waals surface area contributed by atoms with Gasteiger partial charge in [0.05, 0.1) is 26.4 Å². The molecule has 0 saturated carbocycles. The van der Waals surface area contributed by atoms with E-state index >= 15 is 0 Å². The van der Waals surface area contributed by atoms with E-state index in [2.05, 4.69) is 10.1 Å². The number of piperidine rings is 1. The number of aromatic nitrogens is 2. The molecule has 156 valence electrons. The van der Waals surface area contributed by atoms with E-state index in [1.54, 1.807) is 7.11 Å². The highest BCUT2D eigenvalue weighted by molar-refractivity contribution is 5.76. The Labute approximate surface area is 170 Å². The predicted octanol–water partition coefficient (Wildman–Crippen LogP) is 2.82. The van der Waals surface area contributed by atoms with E-state index in [-0.39, 0.29) is 18.2 Å². The van der Waals surface area contributed by atoms with Gasteiger partial charge in [-0.1, -0.05) is 5.16 Å². The maximum atomic E-state index is 12.8. The third-order valence-electron chi connectivity index (χ3n) is 5.43. The Morgan fingerprint density at radius 1 is 1.21 bits per heavy atom.